The van der Waals surface area contributed by atoms with Crippen molar-refractivity contribution in [2.75, 3.05) is 18.1 Å². The van der Waals surface area contributed by atoms with Gasteiger partial charge in [-0.2, -0.15) is 11.8 Å². The second-order valence-electron chi connectivity index (χ2n) is 6.91. The highest BCUT2D eigenvalue weighted by atomic mass is 32.2. The molecule has 3 rings (SSSR count). The van der Waals surface area contributed by atoms with Crippen LogP contribution in [0.2, 0.25) is 0 Å². The van der Waals surface area contributed by atoms with Gasteiger partial charge < -0.3 is 10.2 Å². The summed E-state index contributed by atoms with van der Waals surface area (Å²) in [6.07, 6.45) is 12.9. The molecule has 1 unspecified atom stereocenters. The van der Waals surface area contributed by atoms with Crippen LogP contribution in [0.25, 0.3) is 0 Å². The minimum Gasteiger partial charge on any atom is -0.335 e. The van der Waals surface area contributed by atoms with Crippen LogP contribution >= 0.6 is 11.8 Å². The SMILES string of the molecule is O=C(C1CSCCN1)N(C1CCCCC1)C1CCCCC1. The fourth-order valence-electron chi connectivity index (χ4n) is 4.28. The van der Waals surface area contributed by atoms with E-state index >= 15 is 0 Å². The van der Waals surface area contributed by atoms with Gasteiger partial charge in [0.25, 0.3) is 0 Å². The Hall–Kier alpha value is -0.220. The van der Waals surface area contributed by atoms with Crippen LogP contribution in [0.15, 0.2) is 0 Å². The predicted octanol–water partition coefficient (Wildman–Crippen LogP) is 3.19. The molecule has 1 atom stereocenters. The third kappa shape index (κ3) is 3.95. The van der Waals surface area contributed by atoms with Crippen molar-refractivity contribution in [3.05, 3.63) is 0 Å². The first kappa shape index (κ1) is 15.7. The minimum absolute atomic E-state index is 0.0765. The summed E-state index contributed by atoms with van der Waals surface area (Å²) in [6.45, 7) is 0.990. The van der Waals surface area contributed by atoms with Gasteiger partial charge in [-0.1, -0.05) is 38.5 Å². The summed E-state index contributed by atoms with van der Waals surface area (Å²) < 4.78 is 0. The molecule has 1 N–H and O–H groups in total. The van der Waals surface area contributed by atoms with E-state index < -0.39 is 0 Å². The molecule has 0 bridgehead atoms. The van der Waals surface area contributed by atoms with Gasteiger partial charge in [0.1, 0.15) is 0 Å². The Bertz CT molecular complexity index is 314. The maximum Gasteiger partial charge on any atom is 0.241 e. The molecule has 21 heavy (non-hydrogen) atoms. The molecular weight excluding hydrogens is 280 g/mol. The van der Waals surface area contributed by atoms with Gasteiger partial charge in [0.05, 0.1) is 6.04 Å². The fourth-order valence-corrected chi connectivity index (χ4v) is 5.21. The molecule has 0 radical (unpaired) electrons. The van der Waals surface area contributed by atoms with E-state index in [4.69, 9.17) is 0 Å². The van der Waals surface area contributed by atoms with Crippen LogP contribution in [-0.4, -0.2) is 47.0 Å². The summed E-state index contributed by atoms with van der Waals surface area (Å²) in [5, 5.41) is 3.47. The number of rotatable bonds is 3. The molecule has 0 aromatic heterocycles. The molecule has 0 spiro atoms. The minimum atomic E-state index is 0.0765. The zero-order valence-electron chi connectivity index (χ0n) is 13.2. The second-order valence-corrected chi connectivity index (χ2v) is 8.06. The van der Waals surface area contributed by atoms with E-state index in [9.17, 15) is 4.79 Å². The highest BCUT2D eigenvalue weighted by molar-refractivity contribution is 7.99. The van der Waals surface area contributed by atoms with Gasteiger partial charge in [-0.15, -0.1) is 0 Å². The summed E-state index contributed by atoms with van der Waals surface area (Å²) in [6, 6.07) is 1.14. The van der Waals surface area contributed by atoms with Crippen LogP contribution in [0.5, 0.6) is 0 Å². The van der Waals surface area contributed by atoms with Gasteiger partial charge in [0.15, 0.2) is 0 Å². The Labute approximate surface area is 133 Å². The number of carbonyl (C=O) groups excluding carboxylic acids is 1. The van der Waals surface area contributed by atoms with Crippen LogP contribution in [-0.2, 0) is 4.79 Å². The third-order valence-corrected chi connectivity index (χ3v) is 6.47. The highest BCUT2D eigenvalue weighted by Gasteiger charge is 2.36. The van der Waals surface area contributed by atoms with Crippen LogP contribution < -0.4 is 5.32 Å². The number of amides is 1. The first-order valence-electron chi connectivity index (χ1n) is 8.99. The van der Waals surface area contributed by atoms with E-state index in [1.807, 2.05) is 11.8 Å². The number of hydrogen-bond donors (Lipinski definition) is 1. The molecule has 2 saturated carbocycles. The lowest BCUT2D eigenvalue weighted by Gasteiger charge is -2.43. The first-order valence-corrected chi connectivity index (χ1v) is 10.1. The summed E-state index contributed by atoms with van der Waals surface area (Å²) in [7, 11) is 0. The summed E-state index contributed by atoms with van der Waals surface area (Å²) >= 11 is 1.93. The monoisotopic (exact) mass is 310 g/mol. The molecule has 1 aliphatic heterocycles. The first-order chi connectivity index (χ1) is 10.4. The van der Waals surface area contributed by atoms with Crippen molar-refractivity contribution in [2.45, 2.75) is 82.3 Å². The van der Waals surface area contributed by atoms with Gasteiger partial charge in [-0.05, 0) is 25.7 Å². The van der Waals surface area contributed by atoms with Gasteiger partial charge in [0.2, 0.25) is 5.91 Å². The quantitative estimate of drug-likeness (QED) is 0.869. The van der Waals surface area contributed by atoms with E-state index in [0.717, 1.165) is 18.1 Å². The largest absolute Gasteiger partial charge is 0.335 e. The number of nitrogens with one attached hydrogen (secondary N) is 1. The van der Waals surface area contributed by atoms with Crippen molar-refractivity contribution in [2.24, 2.45) is 0 Å². The van der Waals surface area contributed by atoms with Gasteiger partial charge in [-0.3, -0.25) is 4.79 Å². The molecule has 3 aliphatic rings. The molecule has 0 aromatic carbocycles. The molecular formula is C17H30N2OS. The lowest BCUT2D eigenvalue weighted by molar-refractivity contribution is -0.139. The average Bonchev–Trinajstić information content (AvgIpc) is 2.58. The predicted molar refractivity (Wildman–Crippen MR) is 89.7 cm³/mol. The van der Waals surface area contributed by atoms with Crippen LogP contribution in [0.4, 0.5) is 0 Å². The van der Waals surface area contributed by atoms with Crippen LogP contribution in [0.3, 0.4) is 0 Å². The third-order valence-electron chi connectivity index (χ3n) is 5.41. The standard InChI is InChI=1S/C17H30N2OS/c20-17(16-13-21-12-11-18-16)19(14-7-3-1-4-8-14)15-9-5-2-6-10-15/h14-16,18H,1-13H2. The molecule has 1 amide bonds. The Morgan fingerprint density at radius 1 is 0.905 bits per heavy atom. The van der Waals surface area contributed by atoms with Gasteiger partial charge in [0, 0.05) is 30.1 Å². The van der Waals surface area contributed by atoms with E-state index in [0.29, 0.717) is 18.0 Å². The lowest BCUT2D eigenvalue weighted by atomic mass is 9.88. The zero-order valence-corrected chi connectivity index (χ0v) is 14.0. The molecule has 1 saturated heterocycles. The van der Waals surface area contributed by atoms with Crippen LogP contribution in [0, 0.1) is 0 Å². The van der Waals surface area contributed by atoms with E-state index in [-0.39, 0.29) is 6.04 Å². The number of thioether (sulfide) groups is 1. The Morgan fingerprint density at radius 2 is 1.48 bits per heavy atom. The molecule has 1 heterocycles. The van der Waals surface area contributed by atoms with E-state index in [2.05, 4.69) is 10.2 Å². The van der Waals surface area contributed by atoms with E-state index in [1.54, 1.807) is 0 Å². The summed E-state index contributed by atoms with van der Waals surface area (Å²) in [4.78, 5) is 15.5. The Balaban J connectivity index is 1.71. The van der Waals surface area contributed by atoms with Crippen molar-refractivity contribution < 1.29 is 4.79 Å². The highest BCUT2D eigenvalue weighted by Crippen LogP contribution is 2.31. The maximum atomic E-state index is 13.1. The van der Waals surface area contributed by atoms with Crippen molar-refractivity contribution in [3.8, 4) is 0 Å². The molecule has 3 nitrogen and oxygen atoms in total. The van der Waals surface area contributed by atoms with Crippen molar-refractivity contribution in [1.82, 2.24) is 10.2 Å². The summed E-state index contributed by atoms with van der Waals surface area (Å²) in [5.74, 6) is 2.53. The molecule has 3 fully saturated rings. The second kappa shape index (κ2) is 7.87. The molecule has 120 valence electrons. The average molecular weight is 311 g/mol. The smallest absolute Gasteiger partial charge is 0.241 e. The van der Waals surface area contributed by atoms with Crippen molar-refractivity contribution in [3.63, 3.8) is 0 Å². The molecule has 4 heteroatoms. The Morgan fingerprint density at radius 3 is 1.95 bits per heavy atom. The van der Waals surface area contributed by atoms with Gasteiger partial charge in [-0.25, -0.2) is 0 Å². The van der Waals surface area contributed by atoms with E-state index in [1.165, 1.54) is 64.2 Å². The lowest BCUT2D eigenvalue weighted by Crippen LogP contribution is -2.57. The van der Waals surface area contributed by atoms with Gasteiger partial charge >= 0.3 is 0 Å². The fraction of sp³-hybridized carbons (Fsp3) is 0.941. The number of hydrogen-bond acceptors (Lipinski definition) is 3. The Kier molecular flexibility index (Phi) is 5.87. The number of nitrogens with zero attached hydrogens (tertiary/aromatic N) is 1. The topological polar surface area (TPSA) is 32.3 Å². The zero-order chi connectivity index (χ0) is 14.5. The van der Waals surface area contributed by atoms with Crippen molar-refractivity contribution in [1.29, 1.82) is 0 Å². The molecule has 0 aromatic rings. The normalized spacial score (nSPS) is 29.2. The summed E-state index contributed by atoms with van der Waals surface area (Å²) in [5.41, 5.74) is 0. The van der Waals surface area contributed by atoms with Crippen LogP contribution in [0.1, 0.15) is 64.2 Å². The number of carbonyl (C=O) groups is 1. The maximum absolute atomic E-state index is 13.1. The van der Waals surface area contributed by atoms with Crippen molar-refractivity contribution >= 4 is 17.7 Å². The molecule has 2 aliphatic carbocycles.